The van der Waals surface area contributed by atoms with Gasteiger partial charge in [0.25, 0.3) is 5.92 Å². The van der Waals surface area contributed by atoms with Gasteiger partial charge in [0, 0.05) is 19.2 Å². The van der Waals surface area contributed by atoms with Crippen LogP contribution in [0.3, 0.4) is 0 Å². The minimum absolute atomic E-state index is 0.00624. The summed E-state index contributed by atoms with van der Waals surface area (Å²) in [5.41, 5.74) is 9.29. The molecule has 0 bridgehead atoms. The standard InChI is InChI=1S/C21H25F2N5/c22-21(23,14-24)10-12-28(13-19-26-16-7-1-2-8-17(16)27-19)18-9-3-5-15-6-4-11-25-20(15)18/h1-2,4,6-8,11,18H,3,5,9-10,12-14,24H2,(H,26,27). The van der Waals surface area contributed by atoms with Crippen LogP contribution in [0.15, 0.2) is 42.6 Å². The molecule has 148 valence electrons. The van der Waals surface area contributed by atoms with Gasteiger partial charge in [-0.15, -0.1) is 0 Å². The molecular weight excluding hydrogens is 360 g/mol. The fourth-order valence-corrected chi connectivity index (χ4v) is 3.97. The highest BCUT2D eigenvalue weighted by molar-refractivity contribution is 5.74. The highest BCUT2D eigenvalue weighted by Gasteiger charge is 2.32. The van der Waals surface area contributed by atoms with Gasteiger partial charge in [-0.25, -0.2) is 13.8 Å². The van der Waals surface area contributed by atoms with Crippen molar-refractivity contribution in [2.45, 2.75) is 44.2 Å². The lowest BCUT2D eigenvalue weighted by Crippen LogP contribution is -2.37. The fraction of sp³-hybridized carbons (Fsp3) is 0.429. The van der Waals surface area contributed by atoms with Gasteiger partial charge in [-0.3, -0.25) is 9.88 Å². The molecule has 0 saturated heterocycles. The molecule has 1 atom stereocenters. The van der Waals surface area contributed by atoms with E-state index in [1.807, 2.05) is 30.3 Å². The molecule has 3 aromatic rings. The van der Waals surface area contributed by atoms with Crippen LogP contribution in [0.4, 0.5) is 8.78 Å². The first kappa shape index (κ1) is 19.0. The van der Waals surface area contributed by atoms with Crippen LogP contribution in [0.1, 0.15) is 42.4 Å². The zero-order valence-electron chi connectivity index (χ0n) is 15.7. The Kier molecular flexibility index (Phi) is 5.37. The van der Waals surface area contributed by atoms with E-state index in [0.29, 0.717) is 6.54 Å². The van der Waals surface area contributed by atoms with Gasteiger partial charge in [-0.05, 0) is 43.0 Å². The van der Waals surface area contributed by atoms with Crippen molar-refractivity contribution >= 4 is 11.0 Å². The Morgan fingerprint density at radius 2 is 2.07 bits per heavy atom. The number of nitrogens with zero attached hydrogens (tertiary/aromatic N) is 3. The number of para-hydroxylation sites is 2. The molecule has 0 radical (unpaired) electrons. The number of nitrogens with two attached hydrogens (primary N) is 1. The van der Waals surface area contributed by atoms with E-state index in [1.54, 1.807) is 6.20 Å². The Balaban J connectivity index is 1.62. The van der Waals surface area contributed by atoms with E-state index in [1.165, 1.54) is 5.56 Å². The molecule has 5 nitrogen and oxygen atoms in total. The Morgan fingerprint density at radius 3 is 2.89 bits per heavy atom. The third kappa shape index (κ3) is 4.05. The molecule has 0 spiro atoms. The minimum atomic E-state index is -2.87. The van der Waals surface area contributed by atoms with E-state index in [2.05, 4.69) is 25.9 Å². The van der Waals surface area contributed by atoms with Gasteiger partial charge in [0.05, 0.1) is 35.9 Å². The molecule has 0 amide bonds. The van der Waals surface area contributed by atoms with Crippen molar-refractivity contribution < 1.29 is 8.78 Å². The van der Waals surface area contributed by atoms with Crippen molar-refractivity contribution in [1.82, 2.24) is 19.9 Å². The molecule has 1 unspecified atom stereocenters. The Labute approximate surface area is 163 Å². The second-order valence-electron chi connectivity index (χ2n) is 7.44. The lowest BCUT2D eigenvalue weighted by Gasteiger charge is -2.35. The molecule has 1 aliphatic carbocycles. The molecule has 0 saturated carbocycles. The fourth-order valence-electron chi connectivity index (χ4n) is 3.97. The van der Waals surface area contributed by atoms with Crippen LogP contribution in [0.5, 0.6) is 0 Å². The van der Waals surface area contributed by atoms with E-state index in [9.17, 15) is 8.78 Å². The number of aromatic amines is 1. The van der Waals surface area contributed by atoms with E-state index in [-0.39, 0.29) is 19.0 Å². The molecule has 0 fully saturated rings. The lowest BCUT2D eigenvalue weighted by molar-refractivity contribution is -0.0132. The predicted octanol–water partition coefficient (Wildman–Crippen LogP) is 3.82. The number of aromatic nitrogens is 3. The van der Waals surface area contributed by atoms with Crippen molar-refractivity contribution in [3.63, 3.8) is 0 Å². The minimum Gasteiger partial charge on any atom is -0.341 e. The summed E-state index contributed by atoms with van der Waals surface area (Å²) in [6.07, 6.45) is 4.41. The van der Waals surface area contributed by atoms with Gasteiger partial charge < -0.3 is 10.7 Å². The maximum Gasteiger partial charge on any atom is 0.261 e. The number of hydrogen-bond donors (Lipinski definition) is 2. The number of nitrogens with one attached hydrogen (secondary N) is 1. The maximum atomic E-state index is 13.9. The highest BCUT2D eigenvalue weighted by atomic mass is 19.3. The second kappa shape index (κ2) is 7.93. The Hall–Kier alpha value is -2.38. The molecule has 7 heteroatoms. The molecule has 4 rings (SSSR count). The van der Waals surface area contributed by atoms with E-state index in [0.717, 1.165) is 41.8 Å². The molecule has 1 aliphatic rings. The SMILES string of the molecule is NCC(F)(F)CCN(Cc1nc2ccccc2[nH]1)C1CCCc2cccnc21. The first-order valence-corrected chi connectivity index (χ1v) is 9.75. The van der Waals surface area contributed by atoms with E-state index < -0.39 is 12.5 Å². The van der Waals surface area contributed by atoms with Gasteiger partial charge in [0.2, 0.25) is 0 Å². The van der Waals surface area contributed by atoms with Crippen LogP contribution in [0.25, 0.3) is 11.0 Å². The summed E-state index contributed by atoms with van der Waals surface area (Å²) in [4.78, 5) is 14.6. The average Bonchev–Trinajstić information content (AvgIpc) is 3.13. The van der Waals surface area contributed by atoms with Gasteiger partial charge in [-0.2, -0.15) is 0 Å². The third-order valence-corrected chi connectivity index (χ3v) is 5.46. The van der Waals surface area contributed by atoms with Crippen molar-refractivity contribution in [1.29, 1.82) is 0 Å². The van der Waals surface area contributed by atoms with Crippen LogP contribution < -0.4 is 5.73 Å². The largest absolute Gasteiger partial charge is 0.341 e. The highest BCUT2D eigenvalue weighted by Crippen LogP contribution is 2.34. The monoisotopic (exact) mass is 385 g/mol. The molecular formula is C21H25F2N5. The summed E-state index contributed by atoms with van der Waals surface area (Å²) in [6.45, 7) is 0.0723. The summed E-state index contributed by atoms with van der Waals surface area (Å²) in [5, 5.41) is 0. The first-order chi connectivity index (χ1) is 13.6. The number of aryl methyl sites for hydroxylation is 1. The first-order valence-electron chi connectivity index (χ1n) is 9.75. The van der Waals surface area contributed by atoms with Crippen molar-refractivity contribution in [2.75, 3.05) is 13.1 Å². The summed E-state index contributed by atoms with van der Waals surface area (Å²) < 4.78 is 27.8. The number of H-pyrrole nitrogens is 1. The molecule has 3 N–H and O–H groups in total. The van der Waals surface area contributed by atoms with Crippen molar-refractivity contribution in [3.05, 3.63) is 59.7 Å². The summed E-state index contributed by atoms with van der Waals surface area (Å²) in [5.74, 6) is -2.09. The normalized spacial score (nSPS) is 17.2. The summed E-state index contributed by atoms with van der Waals surface area (Å²) in [7, 11) is 0. The molecule has 2 aromatic heterocycles. The Morgan fingerprint density at radius 1 is 1.21 bits per heavy atom. The van der Waals surface area contributed by atoms with Crippen LogP contribution in [-0.2, 0) is 13.0 Å². The molecule has 2 heterocycles. The second-order valence-corrected chi connectivity index (χ2v) is 7.44. The van der Waals surface area contributed by atoms with Gasteiger partial charge in [-0.1, -0.05) is 18.2 Å². The Bertz CT molecular complexity index is 906. The molecule has 0 aliphatic heterocycles. The van der Waals surface area contributed by atoms with Gasteiger partial charge in [0.1, 0.15) is 5.82 Å². The lowest BCUT2D eigenvalue weighted by atomic mass is 9.90. The summed E-state index contributed by atoms with van der Waals surface area (Å²) in [6, 6.07) is 11.8. The van der Waals surface area contributed by atoms with Crippen LogP contribution in [0, 0.1) is 0 Å². The number of pyridine rings is 1. The van der Waals surface area contributed by atoms with Crippen molar-refractivity contribution in [3.8, 4) is 0 Å². The molecule has 28 heavy (non-hydrogen) atoms. The smallest absolute Gasteiger partial charge is 0.261 e. The summed E-state index contributed by atoms with van der Waals surface area (Å²) >= 11 is 0. The zero-order valence-corrected chi connectivity index (χ0v) is 15.7. The van der Waals surface area contributed by atoms with Gasteiger partial charge >= 0.3 is 0 Å². The topological polar surface area (TPSA) is 70.8 Å². The van der Waals surface area contributed by atoms with E-state index >= 15 is 0 Å². The number of fused-ring (bicyclic) bond motifs is 2. The van der Waals surface area contributed by atoms with Gasteiger partial charge in [0.15, 0.2) is 0 Å². The quantitative estimate of drug-likeness (QED) is 0.649. The molecule has 1 aromatic carbocycles. The third-order valence-electron chi connectivity index (χ3n) is 5.46. The average molecular weight is 385 g/mol. The zero-order chi connectivity index (χ0) is 19.6. The number of hydrogen-bond acceptors (Lipinski definition) is 4. The van der Waals surface area contributed by atoms with Crippen molar-refractivity contribution in [2.24, 2.45) is 5.73 Å². The number of imidazole rings is 1. The maximum absolute atomic E-state index is 13.9. The number of alkyl halides is 2. The predicted molar refractivity (Wildman–Crippen MR) is 105 cm³/mol. The number of halogens is 2. The van der Waals surface area contributed by atoms with Crippen LogP contribution >= 0.6 is 0 Å². The number of benzene rings is 1. The van der Waals surface area contributed by atoms with E-state index in [4.69, 9.17) is 5.73 Å². The number of rotatable bonds is 7. The van der Waals surface area contributed by atoms with Crippen LogP contribution in [-0.4, -0.2) is 38.9 Å². The van der Waals surface area contributed by atoms with Crippen LogP contribution in [0.2, 0.25) is 0 Å².